The summed E-state index contributed by atoms with van der Waals surface area (Å²) in [6.07, 6.45) is 1.19. The molecule has 1 aromatic carbocycles. The lowest BCUT2D eigenvalue weighted by atomic mass is 10.1. The lowest BCUT2D eigenvalue weighted by Gasteiger charge is -2.35. The van der Waals surface area contributed by atoms with E-state index in [0.29, 0.717) is 12.1 Å². The van der Waals surface area contributed by atoms with Gasteiger partial charge in [-0.1, -0.05) is 11.6 Å². The summed E-state index contributed by atoms with van der Waals surface area (Å²) >= 11 is 6.03. The third-order valence-electron chi connectivity index (χ3n) is 3.57. The van der Waals surface area contributed by atoms with Gasteiger partial charge >= 0.3 is 0 Å². The Morgan fingerprint density at radius 1 is 1.29 bits per heavy atom. The van der Waals surface area contributed by atoms with Gasteiger partial charge in [-0.05, 0) is 57.5 Å². The molecule has 2 nitrogen and oxygen atoms in total. The molecule has 1 N–H and O–H groups in total. The van der Waals surface area contributed by atoms with Crippen LogP contribution in [0.15, 0.2) is 18.2 Å². The van der Waals surface area contributed by atoms with Gasteiger partial charge in [0.05, 0.1) is 0 Å². The highest BCUT2D eigenvalue weighted by molar-refractivity contribution is 6.30. The Balaban J connectivity index is 2.34. The van der Waals surface area contributed by atoms with Gasteiger partial charge < -0.3 is 10.2 Å². The molecule has 1 heterocycles. The minimum absolute atomic E-state index is 0.521. The molecule has 1 fully saturated rings. The van der Waals surface area contributed by atoms with E-state index in [2.05, 4.69) is 43.1 Å². The van der Waals surface area contributed by atoms with E-state index in [0.717, 1.165) is 18.1 Å². The summed E-state index contributed by atoms with van der Waals surface area (Å²) in [7, 11) is 0. The van der Waals surface area contributed by atoms with Gasteiger partial charge in [-0.15, -0.1) is 0 Å². The Hall–Kier alpha value is -0.730. The van der Waals surface area contributed by atoms with Crippen molar-refractivity contribution in [1.82, 2.24) is 5.32 Å². The number of halogens is 1. The average molecular weight is 253 g/mol. The second-order valence-corrected chi connectivity index (χ2v) is 5.47. The second kappa shape index (κ2) is 5.28. The SMILES string of the molecule is Cc1cc(Cl)ccc1N1C(C)CCNCC1C. The van der Waals surface area contributed by atoms with Crippen molar-refractivity contribution in [2.24, 2.45) is 0 Å². The van der Waals surface area contributed by atoms with Crippen LogP contribution in [0.4, 0.5) is 5.69 Å². The molecule has 1 aromatic rings. The highest BCUT2D eigenvalue weighted by Crippen LogP contribution is 2.28. The molecule has 1 aliphatic rings. The molecule has 0 bridgehead atoms. The van der Waals surface area contributed by atoms with Gasteiger partial charge in [0, 0.05) is 29.3 Å². The maximum absolute atomic E-state index is 6.03. The summed E-state index contributed by atoms with van der Waals surface area (Å²) in [6.45, 7) is 8.88. The van der Waals surface area contributed by atoms with Gasteiger partial charge in [0.2, 0.25) is 0 Å². The quantitative estimate of drug-likeness (QED) is 0.826. The molecular weight excluding hydrogens is 232 g/mol. The van der Waals surface area contributed by atoms with Gasteiger partial charge in [0.25, 0.3) is 0 Å². The number of hydrogen-bond donors (Lipinski definition) is 1. The second-order valence-electron chi connectivity index (χ2n) is 5.03. The van der Waals surface area contributed by atoms with Crippen LogP contribution in [0, 0.1) is 6.92 Å². The van der Waals surface area contributed by atoms with Crippen LogP contribution < -0.4 is 10.2 Å². The lowest BCUT2D eigenvalue weighted by Crippen LogP contribution is -2.42. The maximum Gasteiger partial charge on any atom is 0.0410 e. The van der Waals surface area contributed by atoms with Crippen LogP contribution in [0.3, 0.4) is 0 Å². The molecular formula is C14H21ClN2. The Morgan fingerprint density at radius 2 is 2.06 bits per heavy atom. The Morgan fingerprint density at radius 3 is 2.76 bits per heavy atom. The Labute approximate surface area is 109 Å². The van der Waals surface area contributed by atoms with E-state index < -0.39 is 0 Å². The minimum atomic E-state index is 0.521. The summed E-state index contributed by atoms with van der Waals surface area (Å²) in [5, 5.41) is 4.31. The van der Waals surface area contributed by atoms with Gasteiger partial charge in [-0.2, -0.15) is 0 Å². The number of nitrogens with one attached hydrogen (secondary N) is 1. The fraction of sp³-hybridized carbons (Fsp3) is 0.571. The molecule has 1 aliphatic heterocycles. The third kappa shape index (κ3) is 2.75. The fourth-order valence-corrected chi connectivity index (χ4v) is 2.90. The van der Waals surface area contributed by atoms with Crippen LogP contribution in [0.2, 0.25) is 5.02 Å². The van der Waals surface area contributed by atoms with E-state index in [1.54, 1.807) is 0 Å². The normalized spacial score (nSPS) is 25.8. The van der Waals surface area contributed by atoms with E-state index in [-0.39, 0.29) is 0 Å². The van der Waals surface area contributed by atoms with E-state index in [1.807, 2.05) is 6.07 Å². The number of aryl methyl sites for hydroxylation is 1. The van der Waals surface area contributed by atoms with Crippen molar-refractivity contribution in [2.45, 2.75) is 39.3 Å². The van der Waals surface area contributed by atoms with Crippen molar-refractivity contribution < 1.29 is 0 Å². The zero-order valence-corrected chi connectivity index (χ0v) is 11.6. The van der Waals surface area contributed by atoms with Crippen molar-refractivity contribution >= 4 is 17.3 Å². The Kier molecular flexibility index (Phi) is 3.95. The predicted octanol–water partition coefficient (Wildman–Crippen LogP) is 3.23. The molecule has 0 saturated carbocycles. The van der Waals surface area contributed by atoms with Gasteiger partial charge in [0.15, 0.2) is 0 Å². The standard InChI is InChI=1S/C14H21ClN2/c1-10-8-13(15)4-5-14(10)17-11(2)6-7-16-9-12(17)3/h4-5,8,11-12,16H,6-7,9H2,1-3H3. The monoisotopic (exact) mass is 252 g/mol. The molecule has 0 aliphatic carbocycles. The number of benzene rings is 1. The van der Waals surface area contributed by atoms with E-state index in [1.165, 1.54) is 17.7 Å². The number of rotatable bonds is 1. The minimum Gasteiger partial charge on any atom is -0.365 e. The largest absolute Gasteiger partial charge is 0.365 e. The maximum atomic E-state index is 6.03. The van der Waals surface area contributed by atoms with Crippen molar-refractivity contribution in [1.29, 1.82) is 0 Å². The van der Waals surface area contributed by atoms with Gasteiger partial charge in [-0.3, -0.25) is 0 Å². The first-order chi connectivity index (χ1) is 8.09. The van der Waals surface area contributed by atoms with E-state index in [4.69, 9.17) is 11.6 Å². The first-order valence-electron chi connectivity index (χ1n) is 6.35. The zero-order chi connectivity index (χ0) is 12.4. The number of hydrogen-bond acceptors (Lipinski definition) is 2. The summed E-state index contributed by atoms with van der Waals surface area (Å²) in [5.74, 6) is 0. The van der Waals surface area contributed by atoms with Crippen LogP contribution in [0.1, 0.15) is 25.8 Å². The first kappa shape index (κ1) is 12.7. The van der Waals surface area contributed by atoms with Crippen LogP contribution in [-0.2, 0) is 0 Å². The molecule has 2 unspecified atom stereocenters. The first-order valence-corrected chi connectivity index (χ1v) is 6.72. The molecule has 0 aromatic heterocycles. The molecule has 94 valence electrons. The van der Waals surface area contributed by atoms with Crippen LogP contribution in [-0.4, -0.2) is 25.2 Å². The van der Waals surface area contributed by atoms with Gasteiger partial charge in [0.1, 0.15) is 0 Å². The predicted molar refractivity (Wildman–Crippen MR) is 75.1 cm³/mol. The summed E-state index contributed by atoms with van der Waals surface area (Å²) in [4.78, 5) is 2.52. The van der Waals surface area contributed by atoms with Crippen molar-refractivity contribution in [3.63, 3.8) is 0 Å². The molecule has 2 rings (SSSR count). The fourth-order valence-electron chi connectivity index (χ4n) is 2.68. The summed E-state index contributed by atoms with van der Waals surface area (Å²) in [5.41, 5.74) is 2.58. The van der Waals surface area contributed by atoms with E-state index in [9.17, 15) is 0 Å². The molecule has 3 heteroatoms. The Bertz CT molecular complexity index is 380. The topological polar surface area (TPSA) is 15.3 Å². The molecule has 2 atom stereocenters. The highest BCUT2D eigenvalue weighted by atomic mass is 35.5. The zero-order valence-electron chi connectivity index (χ0n) is 10.8. The molecule has 17 heavy (non-hydrogen) atoms. The van der Waals surface area contributed by atoms with Crippen molar-refractivity contribution in [3.05, 3.63) is 28.8 Å². The van der Waals surface area contributed by atoms with Crippen molar-refractivity contribution in [2.75, 3.05) is 18.0 Å². The van der Waals surface area contributed by atoms with Crippen LogP contribution in [0.25, 0.3) is 0 Å². The lowest BCUT2D eigenvalue weighted by molar-refractivity contribution is 0.574. The molecule has 0 radical (unpaired) electrons. The molecule has 1 saturated heterocycles. The average Bonchev–Trinajstić information content (AvgIpc) is 2.42. The van der Waals surface area contributed by atoms with Crippen molar-refractivity contribution in [3.8, 4) is 0 Å². The molecule has 0 spiro atoms. The smallest absolute Gasteiger partial charge is 0.0410 e. The van der Waals surface area contributed by atoms with Crippen LogP contribution >= 0.6 is 11.6 Å². The summed E-state index contributed by atoms with van der Waals surface area (Å²) in [6, 6.07) is 7.28. The number of nitrogens with zero attached hydrogens (tertiary/aromatic N) is 1. The molecule has 0 amide bonds. The summed E-state index contributed by atoms with van der Waals surface area (Å²) < 4.78 is 0. The number of anilines is 1. The third-order valence-corrected chi connectivity index (χ3v) is 3.80. The van der Waals surface area contributed by atoms with Crippen LogP contribution in [0.5, 0.6) is 0 Å². The van der Waals surface area contributed by atoms with E-state index >= 15 is 0 Å². The highest BCUT2D eigenvalue weighted by Gasteiger charge is 2.24. The van der Waals surface area contributed by atoms with Gasteiger partial charge in [-0.25, -0.2) is 0 Å².